The second kappa shape index (κ2) is 5.72. The third-order valence-electron chi connectivity index (χ3n) is 2.35. The van der Waals surface area contributed by atoms with Gasteiger partial charge in [0, 0.05) is 17.8 Å². The lowest BCUT2D eigenvalue weighted by Gasteiger charge is -2.09. The van der Waals surface area contributed by atoms with Gasteiger partial charge in [0.05, 0.1) is 5.75 Å². The SMILES string of the molecule is Cc1cc(NS(=O)(=O)CCCC(=O)O)ccc1N. The fraction of sp³-hybridized carbons (Fsp3) is 0.364. The molecule has 0 atom stereocenters. The number of carboxylic acid groups (broad SMARTS) is 1. The Morgan fingerprint density at radius 1 is 1.44 bits per heavy atom. The number of benzene rings is 1. The molecule has 0 unspecified atom stereocenters. The van der Waals surface area contributed by atoms with Crippen molar-refractivity contribution in [3.63, 3.8) is 0 Å². The first-order valence-corrected chi connectivity index (χ1v) is 7.04. The lowest BCUT2D eigenvalue weighted by atomic mass is 10.2. The Morgan fingerprint density at radius 3 is 2.67 bits per heavy atom. The van der Waals surface area contributed by atoms with Gasteiger partial charge in [0.1, 0.15) is 0 Å². The van der Waals surface area contributed by atoms with Gasteiger partial charge in [0.2, 0.25) is 10.0 Å². The molecule has 0 fully saturated rings. The van der Waals surface area contributed by atoms with Gasteiger partial charge in [-0.05, 0) is 37.1 Å². The number of nitrogens with two attached hydrogens (primary N) is 1. The molecule has 6 nitrogen and oxygen atoms in total. The van der Waals surface area contributed by atoms with Gasteiger partial charge < -0.3 is 10.8 Å². The maximum Gasteiger partial charge on any atom is 0.303 e. The minimum atomic E-state index is -3.51. The monoisotopic (exact) mass is 272 g/mol. The fourth-order valence-corrected chi connectivity index (χ4v) is 2.50. The number of rotatable bonds is 6. The maximum atomic E-state index is 11.6. The van der Waals surface area contributed by atoms with Crippen LogP contribution in [0.15, 0.2) is 18.2 Å². The molecule has 1 aromatic rings. The van der Waals surface area contributed by atoms with Gasteiger partial charge in [-0.15, -0.1) is 0 Å². The third kappa shape index (κ3) is 4.62. The molecule has 0 radical (unpaired) electrons. The van der Waals surface area contributed by atoms with Crippen LogP contribution in [0.1, 0.15) is 18.4 Å². The van der Waals surface area contributed by atoms with Crippen molar-refractivity contribution < 1.29 is 18.3 Å². The molecule has 0 aliphatic carbocycles. The van der Waals surface area contributed by atoms with E-state index in [1.807, 2.05) is 0 Å². The quantitative estimate of drug-likeness (QED) is 0.674. The zero-order chi connectivity index (χ0) is 13.8. The van der Waals surface area contributed by atoms with Crippen LogP contribution in [0.2, 0.25) is 0 Å². The van der Waals surface area contributed by atoms with Crippen molar-refractivity contribution in [2.45, 2.75) is 19.8 Å². The van der Waals surface area contributed by atoms with Gasteiger partial charge in [-0.2, -0.15) is 0 Å². The summed E-state index contributed by atoms with van der Waals surface area (Å²) < 4.78 is 25.7. The lowest BCUT2D eigenvalue weighted by molar-refractivity contribution is -0.137. The molecule has 100 valence electrons. The highest BCUT2D eigenvalue weighted by Gasteiger charge is 2.11. The molecule has 0 saturated carbocycles. The van der Waals surface area contributed by atoms with Crippen LogP contribution >= 0.6 is 0 Å². The Labute approximate surface area is 106 Å². The topological polar surface area (TPSA) is 109 Å². The first-order chi connectivity index (χ1) is 8.30. The molecule has 18 heavy (non-hydrogen) atoms. The summed E-state index contributed by atoms with van der Waals surface area (Å²) in [5, 5.41) is 8.44. The standard InChI is InChI=1S/C11H16N2O4S/c1-8-7-9(4-5-10(8)12)13-18(16,17)6-2-3-11(14)15/h4-5,7,13H,2-3,6,12H2,1H3,(H,14,15). The van der Waals surface area contributed by atoms with Crippen molar-refractivity contribution >= 4 is 27.4 Å². The summed E-state index contributed by atoms with van der Waals surface area (Å²) in [4.78, 5) is 10.3. The molecule has 7 heteroatoms. The summed E-state index contributed by atoms with van der Waals surface area (Å²) >= 11 is 0. The number of carbonyl (C=O) groups is 1. The largest absolute Gasteiger partial charge is 0.481 e. The highest BCUT2D eigenvalue weighted by Crippen LogP contribution is 2.17. The zero-order valence-corrected chi connectivity index (χ0v) is 10.8. The van der Waals surface area contributed by atoms with Crippen LogP contribution in [-0.4, -0.2) is 25.2 Å². The Morgan fingerprint density at radius 2 is 2.11 bits per heavy atom. The van der Waals surface area contributed by atoms with Crippen LogP contribution in [0.5, 0.6) is 0 Å². The van der Waals surface area contributed by atoms with Crippen molar-refractivity contribution in [3.05, 3.63) is 23.8 Å². The smallest absolute Gasteiger partial charge is 0.303 e. The molecule has 1 aromatic carbocycles. The molecule has 0 spiro atoms. The number of carboxylic acids is 1. The van der Waals surface area contributed by atoms with Gasteiger partial charge in [-0.3, -0.25) is 9.52 Å². The Hall–Kier alpha value is -1.76. The van der Waals surface area contributed by atoms with E-state index in [0.717, 1.165) is 5.56 Å². The molecule has 0 bridgehead atoms. The Kier molecular flexibility index (Phi) is 4.55. The predicted octanol–water partition coefficient (Wildman–Crippen LogP) is 1.18. The summed E-state index contributed by atoms with van der Waals surface area (Å²) in [5.41, 5.74) is 7.42. The fourth-order valence-electron chi connectivity index (χ4n) is 1.38. The summed E-state index contributed by atoms with van der Waals surface area (Å²) in [7, 11) is -3.51. The molecule has 0 aromatic heterocycles. The number of aliphatic carboxylic acids is 1. The van der Waals surface area contributed by atoms with E-state index in [4.69, 9.17) is 10.8 Å². The summed E-state index contributed by atoms with van der Waals surface area (Å²) in [6, 6.07) is 4.81. The minimum Gasteiger partial charge on any atom is -0.481 e. The molecular weight excluding hydrogens is 256 g/mol. The van der Waals surface area contributed by atoms with Crippen LogP contribution in [0.3, 0.4) is 0 Å². The van der Waals surface area contributed by atoms with Crippen molar-refractivity contribution in [2.24, 2.45) is 0 Å². The van der Waals surface area contributed by atoms with Crippen LogP contribution in [0, 0.1) is 6.92 Å². The number of hydrogen-bond donors (Lipinski definition) is 3. The lowest BCUT2D eigenvalue weighted by Crippen LogP contribution is -2.17. The first-order valence-electron chi connectivity index (χ1n) is 5.38. The van der Waals surface area contributed by atoms with Gasteiger partial charge in [-0.1, -0.05) is 0 Å². The molecule has 0 amide bonds. The molecule has 0 aliphatic rings. The van der Waals surface area contributed by atoms with Gasteiger partial charge in [-0.25, -0.2) is 8.42 Å². The number of nitrogen functional groups attached to an aromatic ring is 1. The highest BCUT2D eigenvalue weighted by molar-refractivity contribution is 7.92. The number of anilines is 2. The summed E-state index contributed by atoms with van der Waals surface area (Å²) in [6.45, 7) is 1.78. The molecule has 0 aliphatic heterocycles. The van der Waals surface area contributed by atoms with Crippen molar-refractivity contribution in [2.75, 3.05) is 16.2 Å². The van der Waals surface area contributed by atoms with E-state index in [0.29, 0.717) is 11.4 Å². The van der Waals surface area contributed by atoms with Gasteiger partial charge >= 0.3 is 5.97 Å². The summed E-state index contributed by atoms with van der Waals surface area (Å²) in [6.07, 6.45) is -0.0830. The molecule has 0 saturated heterocycles. The second-order valence-corrected chi connectivity index (χ2v) is 5.83. The van der Waals surface area contributed by atoms with Crippen molar-refractivity contribution in [1.29, 1.82) is 0 Å². The van der Waals surface area contributed by atoms with Gasteiger partial charge in [0.15, 0.2) is 0 Å². The van der Waals surface area contributed by atoms with E-state index in [9.17, 15) is 13.2 Å². The van der Waals surface area contributed by atoms with Crippen molar-refractivity contribution in [3.8, 4) is 0 Å². The summed E-state index contributed by atoms with van der Waals surface area (Å²) in [5.74, 6) is -1.23. The predicted molar refractivity (Wildman–Crippen MR) is 69.9 cm³/mol. The minimum absolute atomic E-state index is 0.0820. The molecule has 4 N–H and O–H groups in total. The van der Waals surface area contributed by atoms with E-state index in [-0.39, 0.29) is 18.6 Å². The Balaban J connectivity index is 2.64. The van der Waals surface area contributed by atoms with Crippen LogP contribution in [-0.2, 0) is 14.8 Å². The van der Waals surface area contributed by atoms with Crippen LogP contribution < -0.4 is 10.5 Å². The molecule has 0 heterocycles. The van der Waals surface area contributed by atoms with E-state index in [1.165, 1.54) is 0 Å². The van der Waals surface area contributed by atoms with Crippen LogP contribution in [0.4, 0.5) is 11.4 Å². The van der Waals surface area contributed by atoms with E-state index >= 15 is 0 Å². The highest BCUT2D eigenvalue weighted by atomic mass is 32.2. The normalized spacial score (nSPS) is 11.2. The first kappa shape index (κ1) is 14.3. The third-order valence-corrected chi connectivity index (χ3v) is 3.72. The van der Waals surface area contributed by atoms with E-state index < -0.39 is 16.0 Å². The zero-order valence-electron chi connectivity index (χ0n) is 10.0. The van der Waals surface area contributed by atoms with Crippen molar-refractivity contribution in [1.82, 2.24) is 0 Å². The maximum absolute atomic E-state index is 11.6. The van der Waals surface area contributed by atoms with Gasteiger partial charge in [0.25, 0.3) is 0 Å². The van der Waals surface area contributed by atoms with E-state index in [2.05, 4.69) is 4.72 Å². The molecule has 1 rings (SSSR count). The number of nitrogens with one attached hydrogen (secondary N) is 1. The van der Waals surface area contributed by atoms with E-state index in [1.54, 1.807) is 25.1 Å². The number of hydrogen-bond acceptors (Lipinski definition) is 4. The average Bonchev–Trinajstić information content (AvgIpc) is 2.22. The number of sulfonamides is 1. The average molecular weight is 272 g/mol. The number of aryl methyl sites for hydroxylation is 1. The van der Waals surface area contributed by atoms with Crippen LogP contribution in [0.25, 0.3) is 0 Å². The second-order valence-electron chi connectivity index (χ2n) is 3.99. The Bertz CT molecular complexity index is 540. The molecular formula is C11H16N2O4S.